The number of fused-ring (bicyclic) bond motifs is 2. The van der Waals surface area contributed by atoms with Gasteiger partial charge in [0.25, 0.3) is 0 Å². The maximum atomic E-state index is 11.6. The van der Waals surface area contributed by atoms with Crippen LogP contribution < -0.4 is 9.47 Å². The molecule has 0 amide bonds. The number of carbonyl (C=O) groups is 1. The normalized spacial score (nSPS) is 20.6. The number of carboxylic acids is 1. The van der Waals surface area contributed by atoms with Crippen LogP contribution in [-0.4, -0.2) is 62.9 Å². The number of likely N-dealkylation sites (tertiary alicyclic amines) is 1. The molecule has 2 aromatic heterocycles. The fourth-order valence-electron chi connectivity index (χ4n) is 6.09. The molecule has 4 aromatic rings. The van der Waals surface area contributed by atoms with Crippen molar-refractivity contribution in [1.29, 1.82) is 0 Å². The average molecular weight is 566 g/mol. The monoisotopic (exact) mass is 565 g/mol. The standard InChI is InChI=1S/C32H31N5O5/c1-33-22-7-5-21(6-8-22)28-19-41-30-24(3-2-4-27(30)42-28)20-11-14-36(15-12-20)18-29-34-25-9-10-26(32(38)39)35-31(25)37(29)17-23-13-16-40-23/h2-10,20,23,28H,11-19H2,(H,38,39)/t23-,28-/m0/s1. The van der Waals surface area contributed by atoms with Crippen LogP contribution in [0.15, 0.2) is 54.6 Å². The SMILES string of the molecule is [C-]#[N+]c1ccc([C@@H]2COc3c(cccc3C3CCN(Cc4nc5ccc(C(=O)O)nc5n4C[C@@H]4CCO4)CC3)O2)cc1. The Morgan fingerprint density at radius 1 is 1.05 bits per heavy atom. The first-order valence-corrected chi connectivity index (χ1v) is 14.4. The second kappa shape index (κ2) is 11.1. The van der Waals surface area contributed by atoms with Gasteiger partial charge in [0, 0.05) is 12.2 Å². The van der Waals surface area contributed by atoms with Crippen molar-refractivity contribution in [3.63, 3.8) is 0 Å². The molecule has 10 nitrogen and oxygen atoms in total. The van der Waals surface area contributed by atoms with Crippen molar-refractivity contribution in [2.24, 2.45) is 0 Å². The van der Waals surface area contributed by atoms with E-state index >= 15 is 0 Å². The molecule has 2 aromatic carbocycles. The Morgan fingerprint density at radius 3 is 2.57 bits per heavy atom. The van der Waals surface area contributed by atoms with Gasteiger partial charge in [0.1, 0.15) is 17.9 Å². The van der Waals surface area contributed by atoms with Crippen molar-refractivity contribution in [1.82, 2.24) is 19.4 Å². The number of hydrogen-bond acceptors (Lipinski definition) is 7. The second-order valence-electron chi connectivity index (χ2n) is 11.1. The van der Waals surface area contributed by atoms with Gasteiger partial charge in [-0.2, -0.15) is 0 Å². The van der Waals surface area contributed by atoms with Gasteiger partial charge in [-0.1, -0.05) is 36.4 Å². The molecule has 5 heterocycles. The molecule has 7 rings (SSSR count). The van der Waals surface area contributed by atoms with Crippen molar-refractivity contribution in [3.05, 3.63) is 88.7 Å². The Kier molecular flexibility index (Phi) is 6.98. The Morgan fingerprint density at radius 2 is 1.86 bits per heavy atom. The summed E-state index contributed by atoms with van der Waals surface area (Å²) < 4.78 is 20.4. The Bertz CT molecular complexity index is 1670. The third kappa shape index (κ3) is 5.06. The van der Waals surface area contributed by atoms with Crippen LogP contribution in [-0.2, 0) is 17.8 Å². The van der Waals surface area contributed by atoms with Crippen LogP contribution in [0, 0.1) is 6.57 Å². The number of nitrogens with zero attached hydrogens (tertiary/aromatic N) is 5. The Balaban J connectivity index is 1.04. The summed E-state index contributed by atoms with van der Waals surface area (Å²) in [4.78, 5) is 26.7. The first-order chi connectivity index (χ1) is 20.6. The summed E-state index contributed by atoms with van der Waals surface area (Å²) in [6, 6.07) is 16.9. The number of benzene rings is 2. The summed E-state index contributed by atoms with van der Waals surface area (Å²) in [7, 11) is 0. The van der Waals surface area contributed by atoms with E-state index in [1.165, 1.54) is 11.6 Å². The van der Waals surface area contributed by atoms with Crippen molar-refractivity contribution in [3.8, 4) is 11.5 Å². The lowest BCUT2D eigenvalue weighted by molar-refractivity contribution is -0.0593. The molecule has 2 fully saturated rings. The maximum Gasteiger partial charge on any atom is 0.354 e. The third-order valence-corrected chi connectivity index (χ3v) is 8.51. The van der Waals surface area contributed by atoms with Crippen LogP contribution in [0.5, 0.6) is 11.5 Å². The van der Waals surface area contributed by atoms with Gasteiger partial charge in [-0.25, -0.2) is 19.6 Å². The number of rotatable bonds is 7. The molecule has 42 heavy (non-hydrogen) atoms. The zero-order valence-electron chi connectivity index (χ0n) is 23.1. The number of para-hydroxylation sites is 1. The third-order valence-electron chi connectivity index (χ3n) is 8.51. The van der Waals surface area contributed by atoms with Gasteiger partial charge >= 0.3 is 5.97 Å². The molecule has 0 aliphatic carbocycles. The molecule has 0 saturated carbocycles. The van der Waals surface area contributed by atoms with E-state index < -0.39 is 5.97 Å². The van der Waals surface area contributed by atoms with Gasteiger partial charge in [-0.15, -0.1) is 0 Å². The minimum absolute atomic E-state index is 0.0206. The zero-order chi connectivity index (χ0) is 28.6. The lowest BCUT2D eigenvalue weighted by Crippen LogP contribution is -2.35. The van der Waals surface area contributed by atoms with Gasteiger partial charge in [0.2, 0.25) is 0 Å². The minimum Gasteiger partial charge on any atom is -0.485 e. The van der Waals surface area contributed by atoms with E-state index in [1.807, 2.05) is 41.0 Å². The molecule has 2 saturated heterocycles. The molecular formula is C32H31N5O5. The smallest absolute Gasteiger partial charge is 0.354 e. The number of pyridine rings is 1. The number of aromatic nitrogens is 3. The van der Waals surface area contributed by atoms with E-state index in [9.17, 15) is 9.90 Å². The predicted octanol–water partition coefficient (Wildman–Crippen LogP) is 5.36. The maximum absolute atomic E-state index is 11.6. The van der Waals surface area contributed by atoms with E-state index in [-0.39, 0.29) is 17.9 Å². The average Bonchev–Trinajstić information content (AvgIpc) is 3.34. The molecule has 2 atom stereocenters. The largest absolute Gasteiger partial charge is 0.485 e. The summed E-state index contributed by atoms with van der Waals surface area (Å²) >= 11 is 0. The topological polar surface area (TPSA) is 103 Å². The quantitative estimate of drug-likeness (QED) is 0.299. The second-order valence-corrected chi connectivity index (χ2v) is 11.1. The lowest BCUT2D eigenvalue weighted by Gasteiger charge is -2.35. The Labute approximate surface area is 243 Å². The highest BCUT2D eigenvalue weighted by Crippen LogP contribution is 2.44. The van der Waals surface area contributed by atoms with Crippen LogP contribution >= 0.6 is 0 Å². The first-order valence-electron chi connectivity index (χ1n) is 14.4. The molecule has 0 spiro atoms. The number of piperidine rings is 1. The van der Waals surface area contributed by atoms with Gasteiger partial charge < -0.3 is 23.9 Å². The Hall–Kier alpha value is -4.46. The highest BCUT2D eigenvalue weighted by molar-refractivity contribution is 5.88. The summed E-state index contributed by atoms with van der Waals surface area (Å²) in [5, 5.41) is 9.47. The van der Waals surface area contributed by atoms with E-state index in [4.69, 9.17) is 25.8 Å². The molecule has 214 valence electrons. The molecule has 0 radical (unpaired) electrons. The molecule has 3 aliphatic rings. The summed E-state index contributed by atoms with van der Waals surface area (Å²) in [5.74, 6) is 1.80. The van der Waals surface area contributed by atoms with E-state index in [0.29, 0.717) is 42.5 Å². The summed E-state index contributed by atoms with van der Waals surface area (Å²) in [6.07, 6.45) is 2.83. The summed E-state index contributed by atoms with van der Waals surface area (Å²) in [5.41, 5.74) is 4.12. The fraction of sp³-hybridized carbons (Fsp3) is 0.375. The van der Waals surface area contributed by atoms with Crippen LogP contribution in [0.4, 0.5) is 5.69 Å². The fourth-order valence-corrected chi connectivity index (χ4v) is 6.09. The van der Waals surface area contributed by atoms with E-state index in [2.05, 4.69) is 20.8 Å². The first kappa shape index (κ1) is 26.4. The van der Waals surface area contributed by atoms with Gasteiger partial charge in [-0.05, 0) is 62.0 Å². The molecule has 1 N–H and O–H groups in total. The molecule has 0 bridgehead atoms. The number of carboxylic acid groups (broad SMARTS) is 1. The van der Waals surface area contributed by atoms with Crippen molar-refractivity contribution in [2.75, 3.05) is 26.3 Å². The molecule has 3 aliphatic heterocycles. The van der Waals surface area contributed by atoms with E-state index in [0.717, 1.165) is 61.8 Å². The number of hydrogen-bond donors (Lipinski definition) is 1. The van der Waals surface area contributed by atoms with E-state index in [1.54, 1.807) is 6.07 Å². The lowest BCUT2D eigenvalue weighted by atomic mass is 9.88. The van der Waals surface area contributed by atoms with Crippen LogP contribution in [0.1, 0.15) is 58.7 Å². The molecule has 10 heteroatoms. The molecular weight excluding hydrogens is 534 g/mol. The van der Waals surface area contributed by atoms with Crippen molar-refractivity contribution >= 4 is 22.8 Å². The van der Waals surface area contributed by atoms with Gasteiger partial charge in [-0.3, -0.25) is 4.90 Å². The number of imidazole rings is 1. The minimum atomic E-state index is -1.04. The zero-order valence-corrected chi connectivity index (χ0v) is 23.1. The highest BCUT2D eigenvalue weighted by Gasteiger charge is 2.30. The van der Waals surface area contributed by atoms with Crippen LogP contribution in [0.25, 0.3) is 16.0 Å². The van der Waals surface area contributed by atoms with Crippen LogP contribution in [0.2, 0.25) is 0 Å². The summed E-state index contributed by atoms with van der Waals surface area (Å²) in [6.45, 7) is 11.4. The number of ether oxygens (including phenoxy) is 3. The predicted molar refractivity (Wildman–Crippen MR) is 154 cm³/mol. The van der Waals surface area contributed by atoms with Crippen molar-refractivity contribution in [2.45, 2.75) is 50.5 Å². The highest BCUT2D eigenvalue weighted by atomic mass is 16.6. The van der Waals surface area contributed by atoms with Gasteiger partial charge in [0.15, 0.2) is 34.6 Å². The van der Waals surface area contributed by atoms with Crippen LogP contribution in [0.3, 0.4) is 0 Å². The van der Waals surface area contributed by atoms with Crippen molar-refractivity contribution < 1.29 is 24.1 Å². The molecule has 0 unspecified atom stereocenters. The van der Waals surface area contributed by atoms with Gasteiger partial charge in [0.05, 0.1) is 25.8 Å². The number of aromatic carboxylic acids is 1.